The van der Waals surface area contributed by atoms with E-state index in [9.17, 15) is 0 Å². The summed E-state index contributed by atoms with van der Waals surface area (Å²) in [5, 5.41) is 10.4. The van der Waals surface area contributed by atoms with Crippen LogP contribution in [-0.2, 0) is 5.41 Å². The fourth-order valence-electron chi connectivity index (χ4n) is 12.2. The van der Waals surface area contributed by atoms with Gasteiger partial charge >= 0.3 is 0 Å². The average molecular weight is 784 g/mol. The molecule has 1 nitrogen and oxygen atoms in total. The third kappa shape index (κ3) is 5.07. The van der Waals surface area contributed by atoms with Crippen LogP contribution in [0.3, 0.4) is 0 Å². The molecule has 1 saturated carbocycles. The van der Waals surface area contributed by atoms with Crippen LogP contribution in [0, 0.1) is 13.8 Å². The third-order valence-electron chi connectivity index (χ3n) is 15.3. The van der Waals surface area contributed by atoms with E-state index in [1.807, 2.05) is 0 Å². The molecule has 0 saturated heterocycles. The first-order valence-corrected chi connectivity index (χ1v) is 22.2. The van der Waals surface area contributed by atoms with E-state index in [2.05, 4.69) is 209 Å². The normalized spacial score (nSPS) is 18.7. The van der Waals surface area contributed by atoms with Crippen LogP contribution in [0.25, 0.3) is 87.6 Å². The summed E-state index contributed by atoms with van der Waals surface area (Å²) in [6.07, 6.45) is 4.89. The van der Waals surface area contributed by atoms with Crippen LogP contribution < -0.4 is 4.90 Å². The highest BCUT2D eigenvalue weighted by Gasteiger charge is 2.58. The molecule has 1 heterocycles. The molecule has 294 valence electrons. The Morgan fingerprint density at radius 3 is 1.56 bits per heavy atom. The molecule has 0 bridgehead atoms. The number of fused-ring (bicyclic) bond motifs is 4. The van der Waals surface area contributed by atoms with Gasteiger partial charge < -0.3 is 4.90 Å². The van der Waals surface area contributed by atoms with Crippen molar-refractivity contribution in [2.24, 2.45) is 0 Å². The zero-order valence-corrected chi connectivity index (χ0v) is 35.5. The number of nitrogens with zero attached hydrogens (tertiary/aromatic N) is 1. The third-order valence-corrected chi connectivity index (χ3v) is 15.3. The van der Waals surface area contributed by atoms with Crippen molar-refractivity contribution in [1.29, 1.82) is 0 Å². The summed E-state index contributed by atoms with van der Waals surface area (Å²) >= 11 is 0. The molecule has 10 aromatic carbocycles. The summed E-state index contributed by atoms with van der Waals surface area (Å²) in [7, 11) is 0. The Hall–Kier alpha value is -6.70. The van der Waals surface area contributed by atoms with E-state index in [1.165, 1.54) is 136 Å². The monoisotopic (exact) mass is 783 g/mol. The van der Waals surface area contributed by atoms with Gasteiger partial charge in [-0.15, -0.1) is 0 Å². The first-order chi connectivity index (χ1) is 29.9. The molecule has 2 aliphatic rings. The Kier molecular flexibility index (Phi) is 7.95. The number of anilines is 2. The van der Waals surface area contributed by atoms with Crippen molar-refractivity contribution < 1.29 is 0 Å². The first kappa shape index (κ1) is 36.2. The molecule has 0 N–H and O–H groups in total. The highest BCUT2D eigenvalue weighted by atomic mass is 15.3. The predicted octanol–water partition coefficient (Wildman–Crippen LogP) is 16.8. The molecule has 1 aliphatic carbocycles. The maximum Gasteiger partial charge on any atom is 0.0518 e. The van der Waals surface area contributed by atoms with E-state index < -0.39 is 0 Å². The Bertz CT molecular complexity index is 3340. The Balaban J connectivity index is 1.22. The van der Waals surface area contributed by atoms with Gasteiger partial charge in [-0.3, -0.25) is 0 Å². The lowest BCUT2D eigenvalue weighted by Crippen LogP contribution is -2.54. The van der Waals surface area contributed by atoms with Crippen molar-refractivity contribution in [3.63, 3.8) is 0 Å². The fourth-order valence-corrected chi connectivity index (χ4v) is 12.2. The zero-order chi connectivity index (χ0) is 41.0. The zero-order valence-electron chi connectivity index (χ0n) is 35.5. The van der Waals surface area contributed by atoms with Crippen molar-refractivity contribution in [1.82, 2.24) is 0 Å². The minimum absolute atomic E-state index is 0.00523. The average Bonchev–Trinajstić information content (AvgIpc) is 3.54. The lowest BCUT2D eigenvalue weighted by Gasteiger charge is -2.50. The number of para-hydroxylation sites is 1. The van der Waals surface area contributed by atoms with Gasteiger partial charge in [0.1, 0.15) is 0 Å². The van der Waals surface area contributed by atoms with Crippen molar-refractivity contribution in [3.05, 3.63) is 193 Å². The number of hydrogen-bond donors (Lipinski definition) is 0. The van der Waals surface area contributed by atoms with Crippen LogP contribution in [0.5, 0.6) is 0 Å². The highest BCUT2D eigenvalue weighted by molar-refractivity contribution is 6.32. The fraction of sp³-hybridized carbons (Fsp3) is 0.167. The Morgan fingerprint density at radius 2 is 0.934 bits per heavy atom. The molecule has 12 rings (SSSR count). The van der Waals surface area contributed by atoms with Gasteiger partial charge in [0.2, 0.25) is 0 Å². The Labute approximate surface area is 359 Å². The van der Waals surface area contributed by atoms with Crippen LogP contribution >= 0.6 is 0 Å². The van der Waals surface area contributed by atoms with Gasteiger partial charge in [-0.05, 0) is 168 Å². The molecule has 2 unspecified atom stereocenters. The van der Waals surface area contributed by atoms with Crippen molar-refractivity contribution in [2.75, 3.05) is 4.90 Å². The van der Waals surface area contributed by atoms with E-state index >= 15 is 0 Å². The van der Waals surface area contributed by atoms with Gasteiger partial charge in [-0.25, -0.2) is 0 Å². The molecule has 0 amide bonds. The molecule has 1 heteroatoms. The molecular formula is C60H49N. The van der Waals surface area contributed by atoms with E-state index in [0.717, 1.165) is 0 Å². The largest absolute Gasteiger partial charge is 0.334 e. The van der Waals surface area contributed by atoms with E-state index in [1.54, 1.807) is 5.56 Å². The number of hydrogen-bond acceptors (Lipinski definition) is 1. The van der Waals surface area contributed by atoms with E-state index in [0.29, 0.717) is 0 Å². The molecular weight excluding hydrogens is 735 g/mol. The quantitative estimate of drug-likeness (QED) is 0.157. The molecule has 2 atom stereocenters. The van der Waals surface area contributed by atoms with Crippen LogP contribution in [0.4, 0.5) is 11.4 Å². The predicted molar refractivity (Wildman–Crippen MR) is 262 cm³/mol. The van der Waals surface area contributed by atoms with Crippen LogP contribution in [0.15, 0.2) is 176 Å². The van der Waals surface area contributed by atoms with Crippen LogP contribution in [-0.4, -0.2) is 5.54 Å². The second-order valence-corrected chi connectivity index (χ2v) is 18.3. The lowest BCUT2D eigenvalue weighted by molar-refractivity contribution is 0.194. The number of aryl methyl sites for hydroxylation is 1. The summed E-state index contributed by atoms with van der Waals surface area (Å²) in [6, 6.07) is 66.2. The van der Waals surface area contributed by atoms with Gasteiger partial charge in [0, 0.05) is 16.8 Å². The van der Waals surface area contributed by atoms with Crippen molar-refractivity contribution in [2.45, 2.75) is 64.3 Å². The second-order valence-electron chi connectivity index (χ2n) is 18.3. The SMILES string of the molecule is Cc1cc(-c2cc(-c3ccccc3)c3ccc4c(-c5cccc6ccccc56)cc(-c5ccccc5)c5ccc2c3c54)c(C)c2c1N(c1ccccc1)C1(C)CCCCC21C. The molecule has 0 aromatic heterocycles. The van der Waals surface area contributed by atoms with Crippen molar-refractivity contribution in [3.8, 4) is 44.5 Å². The molecule has 1 aliphatic heterocycles. The van der Waals surface area contributed by atoms with Gasteiger partial charge in [0.05, 0.1) is 5.54 Å². The van der Waals surface area contributed by atoms with E-state index in [4.69, 9.17) is 0 Å². The van der Waals surface area contributed by atoms with Gasteiger partial charge in [0.25, 0.3) is 0 Å². The maximum atomic E-state index is 2.74. The summed E-state index contributed by atoms with van der Waals surface area (Å²) in [4.78, 5) is 2.74. The van der Waals surface area contributed by atoms with Gasteiger partial charge in [-0.2, -0.15) is 0 Å². The molecule has 1 fully saturated rings. The Morgan fingerprint density at radius 1 is 0.426 bits per heavy atom. The molecule has 61 heavy (non-hydrogen) atoms. The first-order valence-electron chi connectivity index (χ1n) is 22.2. The molecule has 0 radical (unpaired) electrons. The maximum absolute atomic E-state index is 2.74. The van der Waals surface area contributed by atoms with Gasteiger partial charge in [-0.1, -0.05) is 165 Å². The van der Waals surface area contributed by atoms with Gasteiger partial charge in [0.15, 0.2) is 0 Å². The molecule has 0 spiro atoms. The highest BCUT2D eigenvalue weighted by Crippen LogP contribution is 2.63. The number of rotatable bonds is 5. The minimum Gasteiger partial charge on any atom is -0.334 e. The van der Waals surface area contributed by atoms with Crippen LogP contribution in [0.1, 0.15) is 56.2 Å². The molecule has 10 aromatic rings. The van der Waals surface area contributed by atoms with E-state index in [-0.39, 0.29) is 11.0 Å². The topological polar surface area (TPSA) is 3.24 Å². The standard InChI is InChI=1S/C60H49N/c1-38-35-50(39(2)57-58(38)61(43-25-12-7-13-26-43)60(4)34-17-16-33-59(57,60)3)54-37-52(42-21-10-6-11-22-42)47-29-31-48-53(45-28-18-24-40-23-14-15-27-44(40)45)36-51(41-19-8-5-9-20-41)46-30-32-49(54)56(47)55(46)48/h5-15,18-32,35-37H,16-17,33-34H2,1-4H3. The number of benzene rings is 10. The summed E-state index contributed by atoms with van der Waals surface area (Å²) in [6.45, 7) is 9.95. The van der Waals surface area contributed by atoms with Crippen LogP contribution in [0.2, 0.25) is 0 Å². The smallest absolute Gasteiger partial charge is 0.0518 e. The van der Waals surface area contributed by atoms with Crippen molar-refractivity contribution >= 4 is 54.5 Å². The second kappa shape index (κ2) is 13.4. The summed E-state index contributed by atoms with van der Waals surface area (Å²) in [5.41, 5.74) is 17.3. The summed E-state index contributed by atoms with van der Waals surface area (Å²) in [5.74, 6) is 0. The summed E-state index contributed by atoms with van der Waals surface area (Å²) < 4.78 is 0. The minimum atomic E-state index is -0.0210. The lowest BCUT2D eigenvalue weighted by atomic mass is 9.60.